The summed E-state index contributed by atoms with van der Waals surface area (Å²) in [7, 11) is 0. The lowest BCUT2D eigenvalue weighted by molar-refractivity contribution is 0.687. The number of benzene rings is 2. The molecule has 5 heteroatoms. The summed E-state index contributed by atoms with van der Waals surface area (Å²) in [6.07, 6.45) is 3.57. The zero-order valence-corrected chi connectivity index (χ0v) is 14.8. The van der Waals surface area contributed by atoms with Gasteiger partial charge in [-0.1, -0.05) is 54.2 Å². The molecule has 0 N–H and O–H groups in total. The van der Waals surface area contributed by atoms with Crippen LogP contribution >= 0.6 is 11.8 Å². The molecule has 124 valence electrons. The number of rotatable bonds is 5. The number of fused-ring (bicyclic) bond motifs is 1. The van der Waals surface area contributed by atoms with Crippen molar-refractivity contribution in [1.29, 1.82) is 0 Å². The number of nitrogens with zero attached hydrogens (tertiary/aromatic N) is 4. The summed E-state index contributed by atoms with van der Waals surface area (Å²) in [4.78, 5) is 4.08. The highest BCUT2D eigenvalue weighted by atomic mass is 32.2. The first-order valence-corrected chi connectivity index (χ1v) is 9.28. The number of thioether (sulfide) groups is 1. The van der Waals surface area contributed by atoms with Crippen molar-refractivity contribution in [3.63, 3.8) is 0 Å². The Bertz CT molecular complexity index is 990. The Morgan fingerprint density at radius 1 is 0.920 bits per heavy atom. The summed E-state index contributed by atoms with van der Waals surface area (Å²) in [6.45, 7) is 2.96. The Morgan fingerprint density at radius 2 is 1.72 bits per heavy atom. The molecule has 0 unspecified atom stereocenters. The van der Waals surface area contributed by atoms with Crippen molar-refractivity contribution in [3.05, 3.63) is 72.6 Å². The largest absolute Gasteiger partial charge is 0.302 e. The van der Waals surface area contributed by atoms with Crippen LogP contribution in [-0.2, 0) is 12.3 Å². The monoisotopic (exact) mass is 346 g/mol. The van der Waals surface area contributed by atoms with Gasteiger partial charge in [-0.2, -0.15) is 0 Å². The van der Waals surface area contributed by atoms with E-state index in [2.05, 4.69) is 69.1 Å². The molecular weight excluding hydrogens is 328 g/mol. The first-order chi connectivity index (χ1) is 12.4. The molecule has 4 aromatic rings. The minimum atomic E-state index is 0.836. The second kappa shape index (κ2) is 7.07. The topological polar surface area (TPSA) is 43.6 Å². The quantitative estimate of drug-likeness (QED) is 0.487. The van der Waals surface area contributed by atoms with Gasteiger partial charge in [-0.15, -0.1) is 10.2 Å². The molecule has 0 saturated carbocycles. The van der Waals surface area contributed by atoms with E-state index in [1.807, 2.05) is 12.1 Å². The Kier molecular flexibility index (Phi) is 4.48. The van der Waals surface area contributed by atoms with Crippen molar-refractivity contribution in [3.8, 4) is 11.4 Å². The van der Waals surface area contributed by atoms with Gasteiger partial charge in [-0.3, -0.25) is 4.98 Å². The van der Waals surface area contributed by atoms with E-state index >= 15 is 0 Å². The van der Waals surface area contributed by atoms with Gasteiger partial charge in [0.15, 0.2) is 11.0 Å². The second-order valence-corrected chi connectivity index (χ2v) is 6.66. The summed E-state index contributed by atoms with van der Waals surface area (Å²) in [5.74, 6) is 1.76. The molecule has 0 aliphatic carbocycles. The summed E-state index contributed by atoms with van der Waals surface area (Å²) < 4.78 is 2.16. The standard InChI is InChI=1S/C20H18N4S/c1-2-24-19(16-10-12-21-13-11-16)22-23-20(24)25-14-17-8-5-7-15-6-3-4-9-18(15)17/h3-13H,2,14H2,1H3. The fourth-order valence-corrected chi connectivity index (χ4v) is 3.96. The third-order valence-electron chi connectivity index (χ3n) is 4.21. The van der Waals surface area contributed by atoms with Crippen LogP contribution in [0.2, 0.25) is 0 Å². The van der Waals surface area contributed by atoms with E-state index in [4.69, 9.17) is 0 Å². The molecule has 25 heavy (non-hydrogen) atoms. The minimum Gasteiger partial charge on any atom is -0.302 e. The molecule has 0 aliphatic heterocycles. The lowest BCUT2D eigenvalue weighted by atomic mass is 10.1. The highest BCUT2D eigenvalue weighted by Gasteiger charge is 2.13. The number of aromatic nitrogens is 4. The molecule has 0 bridgehead atoms. The second-order valence-electron chi connectivity index (χ2n) is 5.71. The molecular formula is C20H18N4S. The van der Waals surface area contributed by atoms with Gasteiger partial charge >= 0.3 is 0 Å². The molecule has 0 aliphatic rings. The van der Waals surface area contributed by atoms with Crippen LogP contribution in [-0.4, -0.2) is 19.7 Å². The first kappa shape index (κ1) is 15.8. The Morgan fingerprint density at radius 3 is 2.56 bits per heavy atom. The van der Waals surface area contributed by atoms with E-state index < -0.39 is 0 Å². The van der Waals surface area contributed by atoms with Crippen LogP contribution in [0.4, 0.5) is 0 Å². The van der Waals surface area contributed by atoms with Crippen LogP contribution < -0.4 is 0 Å². The van der Waals surface area contributed by atoms with Crippen LogP contribution in [0.3, 0.4) is 0 Å². The van der Waals surface area contributed by atoms with Gasteiger partial charge in [0.1, 0.15) is 0 Å². The average molecular weight is 346 g/mol. The third kappa shape index (κ3) is 3.15. The fourth-order valence-electron chi connectivity index (χ4n) is 2.96. The Hall–Kier alpha value is -2.66. The maximum atomic E-state index is 4.41. The lowest BCUT2D eigenvalue weighted by Gasteiger charge is -2.08. The number of pyridine rings is 1. The highest BCUT2D eigenvalue weighted by molar-refractivity contribution is 7.98. The molecule has 4 rings (SSSR count). The van der Waals surface area contributed by atoms with Crippen LogP contribution in [0.1, 0.15) is 12.5 Å². The number of hydrogen-bond acceptors (Lipinski definition) is 4. The maximum Gasteiger partial charge on any atom is 0.191 e. The predicted octanol–water partition coefficient (Wildman–Crippen LogP) is 4.81. The van der Waals surface area contributed by atoms with Gasteiger partial charge in [0.2, 0.25) is 0 Å². The van der Waals surface area contributed by atoms with E-state index in [1.54, 1.807) is 24.2 Å². The van der Waals surface area contributed by atoms with E-state index in [0.717, 1.165) is 28.8 Å². The van der Waals surface area contributed by atoms with Gasteiger partial charge in [0.05, 0.1) is 0 Å². The SMILES string of the molecule is CCn1c(SCc2cccc3ccccc23)nnc1-c1ccncc1. The van der Waals surface area contributed by atoms with Crippen LogP contribution in [0, 0.1) is 0 Å². The molecule has 2 aromatic heterocycles. The van der Waals surface area contributed by atoms with Crippen molar-refractivity contribution >= 4 is 22.5 Å². The maximum absolute atomic E-state index is 4.41. The zero-order chi connectivity index (χ0) is 17.1. The molecule has 0 radical (unpaired) electrons. The average Bonchev–Trinajstić information content (AvgIpc) is 3.10. The summed E-state index contributed by atoms with van der Waals surface area (Å²) in [5, 5.41) is 12.3. The van der Waals surface area contributed by atoms with Crippen LogP contribution in [0.15, 0.2) is 72.1 Å². The minimum absolute atomic E-state index is 0.836. The van der Waals surface area contributed by atoms with E-state index in [9.17, 15) is 0 Å². The van der Waals surface area contributed by atoms with Gasteiger partial charge in [-0.05, 0) is 35.4 Å². The highest BCUT2D eigenvalue weighted by Crippen LogP contribution is 2.28. The van der Waals surface area contributed by atoms with Gasteiger partial charge in [0, 0.05) is 30.3 Å². The molecule has 0 atom stereocenters. The van der Waals surface area contributed by atoms with Crippen LogP contribution in [0.5, 0.6) is 0 Å². The van der Waals surface area contributed by atoms with Crippen molar-refractivity contribution in [2.45, 2.75) is 24.4 Å². The van der Waals surface area contributed by atoms with Gasteiger partial charge in [-0.25, -0.2) is 0 Å². The smallest absolute Gasteiger partial charge is 0.191 e. The van der Waals surface area contributed by atoms with Crippen LogP contribution in [0.25, 0.3) is 22.2 Å². The predicted molar refractivity (Wildman–Crippen MR) is 102 cm³/mol. The van der Waals surface area contributed by atoms with E-state index in [-0.39, 0.29) is 0 Å². The Labute approximate surface area is 150 Å². The summed E-state index contributed by atoms with van der Waals surface area (Å²) >= 11 is 1.73. The third-order valence-corrected chi connectivity index (χ3v) is 5.22. The first-order valence-electron chi connectivity index (χ1n) is 8.30. The van der Waals surface area contributed by atoms with Gasteiger partial charge in [0.25, 0.3) is 0 Å². The number of hydrogen-bond donors (Lipinski definition) is 0. The molecule has 0 fully saturated rings. The fraction of sp³-hybridized carbons (Fsp3) is 0.150. The normalized spacial score (nSPS) is 11.1. The molecule has 2 aromatic carbocycles. The lowest BCUT2D eigenvalue weighted by Crippen LogP contribution is -2.00. The summed E-state index contributed by atoms with van der Waals surface area (Å²) in [6, 6.07) is 18.9. The van der Waals surface area contributed by atoms with Crippen molar-refractivity contribution < 1.29 is 0 Å². The van der Waals surface area contributed by atoms with Gasteiger partial charge < -0.3 is 4.57 Å². The molecule has 0 saturated heterocycles. The Balaban J connectivity index is 1.62. The van der Waals surface area contributed by atoms with Crippen molar-refractivity contribution in [2.24, 2.45) is 0 Å². The molecule has 4 nitrogen and oxygen atoms in total. The van der Waals surface area contributed by atoms with Crippen molar-refractivity contribution in [2.75, 3.05) is 0 Å². The van der Waals surface area contributed by atoms with E-state index in [1.165, 1.54) is 16.3 Å². The molecule has 0 amide bonds. The van der Waals surface area contributed by atoms with Crippen molar-refractivity contribution in [1.82, 2.24) is 19.7 Å². The molecule has 0 spiro atoms. The van der Waals surface area contributed by atoms with E-state index in [0.29, 0.717) is 0 Å². The summed E-state index contributed by atoms with van der Waals surface area (Å²) in [5.41, 5.74) is 2.36. The molecule has 2 heterocycles. The zero-order valence-electron chi connectivity index (χ0n) is 14.0.